The van der Waals surface area contributed by atoms with Crippen LogP contribution in [-0.2, 0) is 42.8 Å². The quantitative estimate of drug-likeness (QED) is 0.0199. The van der Waals surface area contributed by atoms with Crippen molar-refractivity contribution in [1.82, 2.24) is 10.6 Å². The molecule has 644 valence electrons. The Kier molecular flexibility index (Phi) is 59.8. The molecule has 3 rings (SSSR count). The Hall–Kier alpha value is -3.05. The predicted octanol–water partition coefficient (Wildman–Crippen LogP) is 13.6. The number of hydrogen-bond acceptors (Lipinski definition) is 20. The molecule has 0 saturated carbocycles. The number of aliphatic hydroxyl groups excluding tert-OH is 11. The highest BCUT2D eigenvalue weighted by molar-refractivity contribution is 5.77. The molecule has 2 amide bonds. The van der Waals surface area contributed by atoms with Gasteiger partial charge in [0.25, 0.3) is 5.79 Å². The van der Waals surface area contributed by atoms with Crippen molar-refractivity contribution in [3.8, 4) is 0 Å². The number of carboxylic acids is 1. The van der Waals surface area contributed by atoms with Gasteiger partial charge < -0.3 is 100 Å². The molecule has 110 heavy (non-hydrogen) atoms. The zero-order valence-corrected chi connectivity index (χ0v) is 68.6. The van der Waals surface area contributed by atoms with E-state index in [1.165, 1.54) is 263 Å². The molecular weight excluding hydrogens is 1410 g/mol. The third kappa shape index (κ3) is 43.8. The van der Waals surface area contributed by atoms with Crippen molar-refractivity contribution in [1.29, 1.82) is 0 Å². The number of carboxylic acid groups (broad SMARTS) is 1. The molecule has 3 saturated heterocycles. The van der Waals surface area contributed by atoms with E-state index in [9.17, 15) is 75.7 Å². The lowest BCUT2D eigenvalue weighted by atomic mass is 9.88. The lowest BCUT2D eigenvalue weighted by Crippen LogP contribution is -2.70. The van der Waals surface area contributed by atoms with Crippen LogP contribution in [0.4, 0.5) is 0 Å². The molecule has 3 aliphatic rings. The van der Waals surface area contributed by atoms with E-state index >= 15 is 0 Å². The number of carbonyl (C=O) groups is 3. The molecule has 0 aromatic rings. The van der Waals surface area contributed by atoms with Gasteiger partial charge in [-0.2, -0.15) is 0 Å². The van der Waals surface area contributed by atoms with E-state index in [0.29, 0.717) is 12.8 Å². The monoisotopic (exact) mass is 1570 g/mol. The third-order valence-electron chi connectivity index (χ3n) is 22.3. The summed E-state index contributed by atoms with van der Waals surface area (Å²) in [5.41, 5.74) is 0. The third-order valence-corrected chi connectivity index (χ3v) is 22.3. The number of aliphatic hydroxyl groups is 11. The number of allylic oxidation sites excluding steroid dienone is 5. The minimum absolute atomic E-state index is 0.202. The maximum Gasteiger partial charge on any atom is 0.364 e. The van der Waals surface area contributed by atoms with Gasteiger partial charge in [-0.25, -0.2) is 4.79 Å². The normalized spacial score (nSPS) is 25.7. The summed E-state index contributed by atoms with van der Waals surface area (Å²) in [5, 5.41) is 137. The molecule has 0 spiro atoms. The van der Waals surface area contributed by atoms with Crippen molar-refractivity contribution < 1.29 is 104 Å². The van der Waals surface area contributed by atoms with Crippen LogP contribution in [0.1, 0.15) is 361 Å². The molecule has 18 atom stereocenters. The summed E-state index contributed by atoms with van der Waals surface area (Å²) < 4.78 is 35.0. The number of ether oxygens (including phenoxy) is 6. The molecule has 14 N–H and O–H groups in total. The van der Waals surface area contributed by atoms with Crippen LogP contribution in [0.2, 0.25) is 0 Å². The number of aliphatic carboxylic acids is 1. The van der Waals surface area contributed by atoms with E-state index in [1.54, 1.807) is 6.08 Å². The minimum atomic E-state index is -3.08. The fourth-order valence-corrected chi connectivity index (χ4v) is 15.3. The first-order valence-corrected chi connectivity index (χ1v) is 44.4. The molecule has 23 nitrogen and oxygen atoms in total. The van der Waals surface area contributed by atoms with Gasteiger partial charge in [-0.1, -0.05) is 326 Å². The largest absolute Gasteiger partial charge is 0.477 e. The van der Waals surface area contributed by atoms with Gasteiger partial charge >= 0.3 is 5.97 Å². The predicted molar refractivity (Wildman–Crippen MR) is 431 cm³/mol. The highest BCUT2D eigenvalue weighted by Gasteiger charge is 2.60. The summed E-state index contributed by atoms with van der Waals surface area (Å²) >= 11 is 0. The topological polar surface area (TPSA) is 373 Å². The molecular formula is C87H160N2O21. The summed E-state index contributed by atoms with van der Waals surface area (Å²) in [5.74, 6) is -6.14. The second kappa shape index (κ2) is 65.0. The number of unbranched alkanes of at least 4 members (excludes halogenated alkanes) is 47. The highest BCUT2D eigenvalue weighted by Crippen LogP contribution is 2.39. The van der Waals surface area contributed by atoms with Crippen molar-refractivity contribution in [3.05, 3.63) is 36.5 Å². The number of nitrogens with one attached hydrogen (secondary N) is 2. The molecule has 18 unspecified atom stereocenters. The standard InChI is InChI=1S/C87H160N2O21/c1-4-6-8-10-12-14-16-18-20-22-24-25-26-27-28-29-30-31-32-33-34-35-36-37-38-39-40-41-43-45-47-49-51-53-55-57-59-61-74(97)89-68(69(94)60-58-56-54-52-50-48-46-44-42-23-21-19-17-15-13-11-9-7-5-2)66-105-84-79(101)78(100)81(73(65-92)107-84)108-85-80(102)83(77(99)72(64-91)106-85)110-87(86(103)104)62-70(95)75(88-67(3)93)82(109-87)76(98)71(96)63-90/h28-29,31-32,58,60,68-73,75-85,90-92,94-96,98-102H,4-27,30,33-57,59,61-66H2,1-3H3,(H,88,93)(H,89,97)(H,103,104)/b29-28-,32-31-,60-58+. The zero-order valence-electron chi connectivity index (χ0n) is 68.6. The van der Waals surface area contributed by atoms with Crippen molar-refractivity contribution in [2.45, 2.75) is 471 Å². The lowest BCUT2D eigenvalue weighted by Gasteiger charge is -2.50. The first-order chi connectivity index (χ1) is 53.4. The first kappa shape index (κ1) is 101. The van der Waals surface area contributed by atoms with Gasteiger partial charge in [-0.3, -0.25) is 9.59 Å². The van der Waals surface area contributed by atoms with Crippen LogP contribution in [-0.4, -0.2) is 215 Å². The van der Waals surface area contributed by atoms with Crippen LogP contribution in [0, 0.1) is 0 Å². The number of amides is 2. The van der Waals surface area contributed by atoms with E-state index < -0.39 is 155 Å². The molecule has 0 bridgehead atoms. The van der Waals surface area contributed by atoms with E-state index in [2.05, 4.69) is 48.8 Å². The van der Waals surface area contributed by atoms with Crippen LogP contribution < -0.4 is 10.6 Å². The average molecular weight is 1570 g/mol. The molecule has 0 aromatic heterocycles. The Bertz CT molecular complexity index is 2320. The molecule has 3 aliphatic heterocycles. The Labute approximate surface area is 663 Å². The van der Waals surface area contributed by atoms with Gasteiger partial charge in [0.2, 0.25) is 11.8 Å². The summed E-state index contributed by atoms with van der Waals surface area (Å²) in [7, 11) is 0. The molecule has 0 aromatic carbocycles. The van der Waals surface area contributed by atoms with Gasteiger partial charge in [-0.05, 0) is 51.4 Å². The Morgan fingerprint density at radius 3 is 1.28 bits per heavy atom. The van der Waals surface area contributed by atoms with Crippen molar-refractivity contribution in [2.24, 2.45) is 0 Å². The second-order valence-electron chi connectivity index (χ2n) is 32.1. The second-order valence-corrected chi connectivity index (χ2v) is 32.1. The van der Waals surface area contributed by atoms with Crippen LogP contribution in [0.3, 0.4) is 0 Å². The lowest BCUT2D eigenvalue weighted by molar-refractivity contribution is -0.386. The Morgan fingerprint density at radius 2 is 0.882 bits per heavy atom. The van der Waals surface area contributed by atoms with Gasteiger partial charge in [-0.15, -0.1) is 0 Å². The molecule has 0 radical (unpaired) electrons. The number of rotatable bonds is 71. The SMILES string of the molecule is CCCCCCCCCCCCCCC/C=C\C/C=C\CCCCCCCCCCCCCCCCCCCC(=O)NC(COC1OC(CO)C(OC2OC(CO)C(O)C(OC3(C(=O)O)CC(O)C(NC(C)=O)C(C(O)C(O)CO)O3)C2O)C(O)C1O)C(O)/C=C/CCCCCCCCCCCCCCCCCCC. The fourth-order valence-electron chi connectivity index (χ4n) is 15.3. The summed E-state index contributed by atoms with van der Waals surface area (Å²) in [6.45, 7) is 2.19. The van der Waals surface area contributed by atoms with Gasteiger partial charge in [0.15, 0.2) is 12.6 Å². The van der Waals surface area contributed by atoms with Crippen LogP contribution in [0.15, 0.2) is 36.5 Å². The molecule has 23 heteroatoms. The van der Waals surface area contributed by atoms with Crippen LogP contribution >= 0.6 is 0 Å². The molecule has 0 aliphatic carbocycles. The Balaban J connectivity index is 1.43. The van der Waals surface area contributed by atoms with E-state index in [1.807, 2.05) is 6.08 Å². The summed E-state index contributed by atoms with van der Waals surface area (Å²) in [6, 6.07) is -2.62. The average Bonchev–Trinajstić information content (AvgIpc) is 0.753. The first-order valence-electron chi connectivity index (χ1n) is 44.4. The van der Waals surface area contributed by atoms with Crippen molar-refractivity contribution in [3.63, 3.8) is 0 Å². The van der Waals surface area contributed by atoms with Crippen LogP contribution in [0.5, 0.6) is 0 Å². The zero-order chi connectivity index (χ0) is 80.3. The fraction of sp³-hybridized carbons (Fsp3) is 0.897. The summed E-state index contributed by atoms with van der Waals surface area (Å²) in [4.78, 5) is 38.7. The van der Waals surface area contributed by atoms with E-state index in [4.69, 9.17) is 28.4 Å². The number of carbonyl (C=O) groups excluding carboxylic acids is 2. The van der Waals surface area contributed by atoms with Crippen LogP contribution in [0.25, 0.3) is 0 Å². The number of hydrogen-bond donors (Lipinski definition) is 14. The maximum absolute atomic E-state index is 13.6. The van der Waals surface area contributed by atoms with E-state index in [-0.39, 0.29) is 12.3 Å². The minimum Gasteiger partial charge on any atom is -0.477 e. The summed E-state index contributed by atoms with van der Waals surface area (Å²) in [6.07, 6.45) is 47.7. The van der Waals surface area contributed by atoms with E-state index in [0.717, 1.165) is 58.3 Å². The van der Waals surface area contributed by atoms with Gasteiger partial charge in [0.1, 0.15) is 67.1 Å². The van der Waals surface area contributed by atoms with Gasteiger partial charge in [0, 0.05) is 19.8 Å². The highest BCUT2D eigenvalue weighted by atomic mass is 16.8. The molecule has 3 fully saturated rings. The van der Waals surface area contributed by atoms with Crippen molar-refractivity contribution >= 4 is 17.8 Å². The van der Waals surface area contributed by atoms with Crippen molar-refractivity contribution in [2.75, 3.05) is 26.4 Å². The van der Waals surface area contributed by atoms with Gasteiger partial charge in [0.05, 0.1) is 50.7 Å². The smallest absolute Gasteiger partial charge is 0.364 e. The Morgan fingerprint density at radius 1 is 0.482 bits per heavy atom. The maximum atomic E-state index is 13.6. The molecule has 3 heterocycles.